The lowest BCUT2D eigenvalue weighted by molar-refractivity contribution is 0.487. The molecule has 0 saturated carbocycles. The third kappa shape index (κ3) is 7.63. The van der Waals surface area contributed by atoms with Crippen LogP contribution in [-0.2, 0) is 0 Å². The van der Waals surface area contributed by atoms with Gasteiger partial charge in [-0.1, -0.05) is 182 Å². The Morgan fingerprint density at radius 1 is 0.292 bits per heavy atom. The molecule has 0 spiro atoms. The minimum Gasteiger partial charge on any atom is -0.456 e. The highest BCUT2D eigenvalue weighted by atomic mass is 19.1. The van der Waals surface area contributed by atoms with Crippen LogP contribution in [0.15, 0.2) is 273 Å². The molecule has 340 valence electrons. The van der Waals surface area contributed by atoms with Gasteiger partial charge in [-0.25, -0.2) is 4.39 Å². The van der Waals surface area contributed by atoms with Crippen LogP contribution in [0.5, 0.6) is 11.5 Å². The summed E-state index contributed by atoms with van der Waals surface area (Å²) in [4.78, 5) is 4.36. The molecule has 12 aromatic rings. The number of hydrogen-bond donors (Lipinski definition) is 0. The van der Waals surface area contributed by atoms with Crippen LogP contribution in [-0.4, -0.2) is 0 Å². The van der Waals surface area contributed by atoms with Crippen molar-refractivity contribution >= 4 is 55.7 Å². The van der Waals surface area contributed by atoms with E-state index >= 15 is 4.39 Å². The Labute approximate surface area is 418 Å². The van der Waals surface area contributed by atoms with Crippen molar-refractivity contribution in [1.82, 2.24) is 0 Å². The molecular formula is C68H45FN2O. The molecule has 0 aliphatic carbocycles. The summed E-state index contributed by atoms with van der Waals surface area (Å²) in [5.41, 5.74) is 15.5. The molecule has 1 aliphatic heterocycles. The maximum absolute atomic E-state index is 17.2. The number of halogens is 1. The van der Waals surface area contributed by atoms with E-state index in [9.17, 15) is 0 Å². The fraction of sp³-hybridized carbons (Fsp3) is 0. The molecular weight excluding hydrogens is 880 g/mol. The molecule has 0 atom stereocenters. The zero-order chi connectivity index (χ0) is 48.0. The third-order valence-electron chi connectivity index (χ3n) is 13.9. The number of para-hydroxylation sites is 3. The topological polar surface area (TPSA) is 15.7 Å². The smallest absolute Gasteiger partial charge is 0.148 e. The first kappa shape index (κ1) is 42.6. The lowest BCUT2D eigenvalue weighted by Gasteiger charge is -2.30. The number of anilines is 6. The zero-order valence-electron chi connectivity index (χ0n) is 39.2. The summed E-state index contributed by atoms with van der Waals surface area (Å²) in [5.74, 6) is 1.17. The van der Waals surface area contributed by atoms with Crippen molar-refractivity contribution < 1.29 is 9.13 Å². The minimum atomic E-state index is -0.326. The van der Waals surface area contributed by atoms with E-state index in [0.717, 1.165) is 100 Å². The van der Waals surface area contributed by atoms with Crippen molar-refractivity contribution in [2.45, 2.75) is 0 Å². The van der Waals surface area contributed by atoms with Crippen LogP contribution in [0.25, 0.3) is 77.2 Å². The van der Waals surface area contributed by atoms with E-state index < -0.39 is 0 Å². The number of fused-ring (bicyclic) bond motifs is 4. The highest BCUT2D eigenvalue weighted by Gasteiger charge is 2.27. The quantitative estimate of drug-likeness (QED) is 0.127. The average molecular weight is 925 g/mol. The lowest BCUT2D eigenvalue weighted by Crippen LogP contribution is -2.14. The molecule has 13 rings (SSSR count). The Morgan fingerprint density at radius 3 is 1.54 bits per heavy atom. The molecule has 1 heterocycles. The van der Waals surface area contributed by atoms with Crippen molar-refractivity contribution in [1.29, 1.82) is 0 Å². The van der Waals surface area contributed by atoms with Crippen molar-refractivity contribution in [3.63, 3.8) is 0 Å². The summed E-state index contributed by atoms with van der Waals surface area (Å²) in [5, 5.41) is 4.49. The molecule has 12 aromatic carbocycles. The Balaban J connectivity index is 0.887. The van der Waals surface area contributed by atoms with Gasteiger partial charge in [-0.15, -0.1) is 0 Å². The number of ether oxygens (including phenoxy) is 1. The molecule has 3 nitrogen and oxygen atoms in total. The van der Waals surface area contributed by atoms with E-state index in [4.69, 9.17) is 4.74 Å². The Morgan fingerprint density at radius 2 is 0.847 bits per heavy atom. The highest BCUT2D eigenvalue weighted by molar-refractivity contribution is 6.18. The predicted molar refractivity (Wildman–Crippen MR) is 298 cm³/mol. The van der Waals surface area contributed by atoms with Crippen molar-refractivity contribution in [3.05, 3.63) is 279 Å². The second-order valence-corrected chi connectivity index (χ2v) is 18.2. The normalized spacial score (nSPS) is 11.5. The van der Waals surface area contributed by atoms with E-state index in [0.29, 0.717) is 11.4 Å². The van der Waals surface area contributed by atoms with Crippen LogP contribution in [0.3, 0.4) is 0 Å². The van der Waals surface area contributed by atoms with E-state index in [1.807, 2.05) is 95.9 Å². The van der Waals surface area contributed by atoms with Crippen LogP contribution in [0, 0.1) is 5.82 Å². The van der Waals surface area contributed by atoms with Gasteiger partial charge in [0.2, 0.25) is 0 Å². The molecule has 1 aliphatic rings. The standard InChI is InChI=1S/C68H45FN2O/c69-63-44-52(46-19-6-1-7-20-46)43-61(49-23-10-3-11-24-49)68(63)71(54-27-14-5-15-28-54)56-39-40-58-62-42-51-34-33-50(41-60(51)59-30-18-32-65(67(59)62)72-66(58)45-56)47-35-37-55(38-36-47)70(53-25-12-4-13-26-53)64-31-17-16-29-57(64)48-21-8-2-9-22-48/h1-45H. The van der Waals surface area contributed by atoms with Gasteiger partial charge < -0.3 is 14.5 Å². The summed E-state index contributed by atoms with van der Waals surface area (Å²) in [6.45, 7) is 0. The highest BCUT2D eigenvalue weighted by Crippen LogP contribution is 2.52. The average Bonchev–Trinajstić information content (AvgIpc) is 3.45. The molecule has 0 fully saturated rings. The summed E-state index contributed by atoms with van der Waals surface area (Å²) in [6, 6.07) is 94.2. The Hall–Kier alpha value is -9.51. The van der Waals surface area contributed by atoms with E-state index in [-0.39, 0.29) is 5.82 Å². The molecule has 0 amide bonds. The molecule has 72 heavy (non-hydrogen) atoms. The van der Waals surface area contributed by atoms with Gasteiger partial charge in [0.05, 0.1) is 17.1 Å². The van der Waals surface area contributed by atoms with Gasteiger partial charge in [0.25, 0.3) is 0 Å². The molecule has 0 saturated heterocycles. The number of hydrogen-bond acceptors (Lipinski definition) is 3. The van der Waals surface area contributed by atoms with E-state index in [2.05, 4.69) is 181 Å². The summed E-state index contributed by atoms with van der Waals surface area (Å²) in [6.07, 6.45) is 0. The zero-order valence-corrected chi connectivity index (χ0v) is 39.2. The lowest BCUT2D eigenvalue weighted by atomic mass is 9.89. The number of rotatable bonds is 10. The first-order valence-corrected chi connectivity index (χ1v) is 24.3. The van der Waals surface area contributed by atoms with Crippen LogP contribution in [0.2, 0.25) is 0 Å². The van der Waals surface area contributed by atoms with Gasteiger partial charge in [-0.05, 0) is 140 Å². The third-order valence-corrected chi connectivity index (χ3v) is 13.9. The van der Waals surface area contributed by atoms with E-state index in [1.165, 1.54) is 11.1 Å². The van der Waals surface area contributed by atoms with Gasteiger partial charge >= 0.3 is 0 Å². The first-order valence-electron chi connectivity index (χ1n) is 24.3. The molecule has 0 radical (unpaired) electrons. The van der Waals surface area contributed by atoms with Crippen LogP contribution >= 0.6 is 0 Å². The second-order valence-electron chi connectivity index (χ2n) is 18.2. The van der Waals surface area contributed by atoms with Gasteiger partial charge in [-0.3, -0.25) is 0 Å². The minimum absolute atomic E-state index is 0.326. The van der Waals surface area contributed by atoms with Crippen molar-refractivity contribution in [2.24, 2.45) is 0 Å². The monoisotopic (exact) mass is 924 g/mol. The molecule has 0 unspecified atom stereocenters. The molecule has 0 aromatic heterocycles. The van der Waals surface area contributed by atoms with Gasteiger partial charge in [0.1, 0.15) is 17.3 Å². The Bertz CT molecular complexity index is 3940. The van der Waals surface area contributed by atoms with Crippen LogP contribution in [0.4, 0.5) is 38.5 Å². The van der Waals surface area contributed by atoms with Gasteiger partial charge in [0.15, 0.2) is 0 Å². The summed E-state index contributed by atoms with van der Waals surface area (Å²) in [7, 11) is 0. The number of benzene rings is 12. The fourth-order valence-electron chi connectivity index (χ4n) is 10.5. The first-order chi connectivity index (χ1) is 35.6. The van der Waals surface area contributed by atoms with Crippen molar-refractivity contribution in [3.8, 4) is 67.1 Å². The van der Waals surface area contributed by atoms with Gasteiger partial charge in [-0.2, -0.15) is 0 Å². The van der Waals surface area contributed by atoms with E-state index in [1.54, 1.807) is 6.07 Å². The maximum atomic E-state index is 17.2. The largest absolute Gasteiger partial charge is 0.456 e. The fourth-order valence-corrected chi connectivity index (χ4v) is 10.5. The summed E-state index contributed by atoms with van der Waals surface area (Å²) >= 11 is 0. The second kappa shape index (κ2) is 18.1. The SMILES string of the molecule is Fc1cc(-c2ccccc2)cc(-c2ccccc2)c1N(c1ccccc1)c1ccc2c(c1)Oc1cccc3c1c-2cc1ccc(-c2ccc(N(c4ccccc4)c4ccccc4-c4ccccc4)cc2)cc13. The predicted octanol–water partition coefficient (Wildman–Crippen LogP) is 19.5. The maximum Gasteiger partial charge on any atom is 0.148 e. The van der Waals surface area contributed by atoms with Gasteiger partial charge in [0, 0.05) is 45.2 Å². The van der Waals surface area contributed by atoms with Crippen LogP contribution < -0.4 is 14.5 Å². The number of nitrogens with zero attached hydrogens (tertiary/aromatic N) is 2. The molecule has 0 bridgehead atoms. The Kier molecular flexibility index (Phi) is 10.7. The summed E-state index contributed by atoms with van der Waals surface area (Å²) < 4.78 is 24.2. The van der Waals surface area contributed by atoms with Crippen LogP contribution in [0.1, 0.15) is 0 Å². The molecule has 4 heteroatoms. The molecule has 0 N–H and O–H groups in total. The van der Waals surface area contributed by atoms with Crippen molar-refractivity contribution in [2.75, 3.05) is 9.80 Å².